The summed E-state index contributed by atoms with van der Waals surface area (Å²) in [5.41, 5.74) is 0.842. The fourth-order valence-corrected chi connectivity index (χ4v) is 4.69. The van der Waals surface area contributed by atoms with E-state index in [-0.39, 0.29) is 0 Å². The van der Waals surface area contributed by atoms with Gasteiger partial charge in [-0.25, -0.2) is 18.1 Å². The number of sulfonamides is 1. The molecule has 8 heteroatoms. The average molecular weight is 331 g/mol. The number of thiophene rings is 1. The zero-order valence-corrected chi connectivity index (χ0v) is 13.8. The standard InChI is InChI=1S/C12H17N3O2S3/c1-9-15-10(8-18-9)11-4-5-12(19-11)20(16,17)14-7-3-6-13-2/h4-5,8,13-14H,3,6-7H2,1-2H3. The van der Waals surface area contributed by atoms with E-state index in [0.29, 0.717) is 10.8 Å². The van der Waals surface area contributed by atoms with Crippen LogP contribution in [0.1, 0.15) is 11.4 Å². The van der Waals surface area contributed by atoms with Gasteiger partial charge in [0.15, 0.2) is 0 Å². The predicted molar refractivity (Wildman–Crippen MR) is 83.9 cm³/mol. The second kappa shape index (κ2) is 6.77. The number of rotatable bonds is 7. The first-order valence-corrected chi connectivity index (χ1v) is 9.37. The normalized spacial score (nSPS) is 11.9. The van der Waals surface area contributed by atoms with Crippen molar-refractivity contribution in [1.82, 2.24) is 15.0 Å². The minimum atomic E-state index is -3.40. The van der Waals surface area contributed by atoms with Crippen LogP contribution in [0.25, 0.3) is 10.6 Å². The molecule has 2 rings (SSSR count). The number of aryl methyl sites for hydroxylation is 1. The summed E-state index contributed by atoms with van der Waals surface area (Å²) in [6.07, 6.45) is 0.763. The van der Waals surface area contributed by atoms with Crippen LogP contribution in [0.4, 0.5) is 0 Å². The summed E-state index contributed by atoms with van der Waals surface area (Å²) in [5.74, 6) is 0. The van der Waals surface area contributed by atoms with Gasteiger partial charge in [0.2, 0.25) is 10.0 Å². The molecule has 2 aromatic rings. The molecule has 0 aliphatic heterocycles. The largest absolute Gasteiger partial charge is 0.320 e. The lowest BCUT2D eigenvalue weighted by atomic mass is 10.4. The molecule has 0 bridgehead atoms. The van der Waals surface area contributed by atoms with Crippen molar-refractivity contribution in [3.8, 4) is 10.6 Å². The Morgan fingerprint density at radius 1 is 1.30 bits per heavy atom. The van der Waals surface area contributed by atoms with E-state index in [9.17, 15) is 8.42 Å². The van der Waals surface area contributed by atoms with Crippen LogP contribution in [-0.4, -0.2) is 33.5 Å². The highest BCUT2D eigenvalue weighted by Crippen LogP contribution is 2.31. The molecule has 0 amide bonds. The van der Waals surface area contributed by atoms with Crippen molar-refractivity contribution in [3.63, 3.8) is 0 Å². The van der Waals surface area contributed by atoms with E-state index in [4.69, 9.17) is 0 Å². The van der Waals surface area contributed by atoms with Crippen LogP contribution in [0.2, 0.25) is 0 Å². The van der Waals surface area contributed by atoms with Crippen LogP contribution >= 0.6 is 22.7 Å². The van der Waals surface area contributed by atoms with Gasteiger partial charge in [0.1, 0.15) is 4.21 Å². The molecule has 0 spiro atoms. The van der Waals surface area contributed by atoms with Crippen LogP contribution in [-0.2, 0) is 10.0 Å². The molecule has 2 aromatic heterocycles. The number of thiazole rings is 1. The zero-order valence-electron chi connectivity index (χ0n) is 11.3. The number of hydrogen-bond acceptors (Lipinski definition) is 6. The third-order valence-electron chi connectivity index (χ3n) is 2.61. The summed E-state index contributed by atoms with van der Waals surface area (Å²) in [7, 11) is -1.56. The molecule has 5 nitrogen and oxygen atoms in total. The van der Waals surface area contributed by atoms with Crippen molar-refractivity contribution >= 4 is 32.7 Å². The van der Waals surface area contributed by atoms with Gasteiger partial charge in [0, 0.05) is 11.9 Å². The Morgan fingerprint density at radius 2 is 2.10 bits per heavy atom. The van der Waals surface area contributed by atoms with Gasteiger partial charge in [0.05, 0.1) is 15.6 Å². The minimum absolute atomic E-state index is 0.336. The summed E-state index contributed by atoms with van der Waals surface area (Å²) in [4.78, 5) is 5.25. The first-order chi connectivity index (χ1) is 9.53. The average Bonchev–Trinajstić information content (AvgIpc) is 3.03. The molecule has 0 unspecified atom stereocenters. The van der Waals surface area contributed by atoms with E-state index >= 15 is 0 Å². The van der Waals surface area contributed by atoms with Crippen molar-refractivity contribution in [2.24, 2.45) is 0 Å². The maximum Gasteiger partial charge on any atom is 0.250 e. The molecule has 0 aliphatic rings. The van der Waals surface area contributed by atoms with Gasteiger partial charge in [-0.3, -0.25) is 0 Å². The quantitative estimate of drug-likeness (QED) is 0.762. The van der Waals surface area contributed by atoms with E-state index in [1.807, 2.05) is 19.4 Å². The molecule has 2 heterocycles. The lowest BCUT2D eigenvalue weighted by molar-refractivity contribution is 0.579. The number of aromatic nitrogens is 1. The molecule has 0 aromatic carbocycles. The van der Waals surface area contributed by atoms with E-state index in [0.717, 1.165) is 28.5 Å². The summed E-state index contributed by atoms with van der Waals surface area (Å²) in [5, 5.41) is 5.90. The highest BCUT2D eigenvalue weighted by Gasteiger charge is 2.17. The molecule has 0 radical (unpaired) electrons. The van der Waals surface area contributed by atoms with Crippen LogP contribution in [0.5, 0.6) is 0 Å². The number of hydrogen-bond donors (Lipinski definition) is 2. The Balaban J connectivity index is 2.07. The van der Waals surface area contributed by atoms with Gasteiger partial charge in [-0.15, -0.1) is 22.7 Å². The molecule has 20 heavy (non-hydrogen) atoms. The summed E-state index contributed by atoms with van der Waals surface area (Å²) in [6.45, 7) is 3.16. The SMILES string of the molecule is CNCCCNS(=O)(=O)c1ccc(-c2csc(C)n2)s1. The highest BCUT2D eigenvalue weighted by atomic mass is 32.2. The number of nitrogens with one attached hydrogen (secondary N) is 2. The monoisotopic (exact) mass is 331 g/mol. The van der Waals surface area contributed by atoms with E-state index in [1.165, 1.54) is 11.3 Å². The second-order valence-electron chi connectivity index (χ2n) is 4.23. The Kier molecular flexibility index (Phi) is 5.28. The van der Waals surface area contributed by atoms with Gasteiger partial charge in [-0.2, -0.15) is 0 Å². The molecule has 110 valence electrons. The Hall–Kier alpha value is -0.800. The second-order valence-corrected chi connectivity index (χ2v) is 8.37. The fraction of sp³-hybridized carbons (Fsp3) is 0.417. The third-order valence-corrected chi connectivity index (χ3v) is 6.45. The maximum absolute atomic E-state index is 12.1. The fourth-order valence-electron chi connectivity index (χ4n) is 1.62. The Morgan fingerprint density at radius 3 is 2.75 bits per heavy atom. The highest BCUT2D eigenvalue weighted by molar-refractivity contribution is 7.91. The molecular weight excluding hydrogens is 314 g/mol. The van der Waals surface area contributed by atoms with Gasteiger partial charge in [0.25, 0.3) is 0 Å². The predicted octanol–water partition coefficient (Wildman–Crippen LogP) is 2.07. The zero-order chi connectivity index (χ0) is 14.6. The lowest BCUT2D eigenvalue weighted by Gasteiger charge is -2.03. The summed E-state index contributed by atoms with van der Waals surface area (Å²) >= 11 is 2.81. The van der Waals surface area contributed by atoms with Gasteiger partial charge in [-0.05, 0) is 39.1 Å². The molecule has 0 saturated heterocycles. The summed E-state index contributed by atoms with van der Waals surface area (Å²) < 4.78 is 27.2. The van der Waals surface area contributed by atoms with Crippen molar-refractivity contribution in [3.05, 3.63) is 22.5 Å². The van der Waals surface area contributed by atoms with Crippen LogP contribution in [0.15, 0.2) is 21.7 Å². The molecular formula is C12H17N3O2S3. The minimum Gasteiger partial charge on any atom is -0.320 e. The smallest absolute Gasteiger partial charge is 0.250 e. The summed E-state index contributed by atoms with van der Waals surface area (Å²) in [6, 6.07) is 3.44. The van der Waals surface area contributed by atoms with Crippen molar-refractivity contribution in [1.29, 1.82) is 0 Å². The molecule has 0 atom stereocenters. The first kappa shape index (κ1) is 15.6. The van der Waals surface area contributed by atoms with E-state index in [2.05, 4.69) is 15.0 Å². The third kappa shape index (κ3) is 3.86. The molecule has 0 saturated carbocycles. The molecule has 0 fully saturated rings. The maximum atomic E-state index is 12.1. The van der Waals surface area contributed by atoms with Crippen LogP contribution in [0, 0.1) is 6.92 Å². The van der Waals surface area contributed by atoms with Crippen molar-refractivity contribution in [2.75, 3.05) is 20.1 Å². The van der Waals surface area contributed by atoms with E-state index in [1.54, 1.807) is 23.5 Å². The molecule has 2 N–H and O–H groups in total. The first-order valence-electron chi connectivity index (χ1n) is 6.19. The molecule has 0 aliphatic carbocycles. The van der Waals surface area contributed by atoms with E-state index < -0.39 is 10.0 Å². The van der Waals surface area contributed by atoms with Crippen molar-refractivity contribution in [2.45, 2.75) is 17.6 Å². The topological polar surface area (TPSA) is 71.1 Å². The Labute approximate surface area is 127 Å². The van der Waals surface area contributed by atoms with Gasteiger partial charge in [-0.1, -0.05) is 0 Å². The van der Waals surface area contributed by atoms with Gasteiger partial charge < -0.3 is 5.32 Å². The van der Waals surface area contributed by atoms with Crippen LogP contribution in [0.3, 0.4) is 0 Å². The van der Waals surface area contributed by atoms with Crippen molar-refractivity contribution < 1.29 is 8.42 Å². The Bertz CT molecular complexity index is 661. The van der Waals surface area contributed by atoms with Crippen LogP contribution < -0.4 is 10.0 Å². The lowest BCUT2D eigenvalue weighted by Crippen LogP contribution is -2.26. The number of nitrogens with zero attached hydrogens (tertiary/aromatic N) is 1. The van der Waals surface area contributed by atoms with Gasteiger partial charge >= 0.3 is 0 Å².